The van der Waals surface area contributed by atoms with Gasteiger partial charge in [0.15, 0.2) is 5.78 Å². The van der Waals surface area contributed by atoms with Crippen LogP contribution in [0, 0.1) is 6.92 Å². The Morgan fingerprint density at radius 2 is 2.00 bits per heavy atom. The Balaban J connectivity index is 1.97. The zero-order valence-corrected chi connectivity index (χ0v) is 9.01. The lowest BCUT2D eigenvalue weighted by Gasteiger charge is -1.98. The molecular formula is C12H12N2O2. The van der Waals surface area contributed by atoms with Crippen molar-refractivity contribution in [1.29, 1.82) is 0 Å². The van der Waals surface area contributed by atoms with Crippen LogP contribution in [-0.4, -0.2) is 16.1 Å². The number of benzene rings is 1. The molecule has 1 heterocycles. The summed E-state index contributed by atoms with van der Waals surface area (Å²) >= 11 is 0. The molecule has 0 aliphatic heterocycles. The van der Waals surface area contributed by atoms with Crippen LogP contribution in [0.4, 0.5) is 0 Å². The van der Waals surface area contributed by atoms with E-state index in [4.69, 9.17) is 0 Å². The van der Waals surface area contributed by atoms with Crippen molar-refractivity contribution in [2.75, 3.05) is 0 Å². The predicted octanol–water partition coefficient (Wildman–Crippen LogP) is 2.19. The summed E-state index contributed by atoms with van der Waals surface area (Å²) in [5, 5.41) is 7.41. The number of nitrogens with zero attached hydrogens (tertiary/aromatic N) is 2. The molecule has 4 nitrogen and oxygen atoms in total. The summed E-state index contributed by atoms with van der Waals surface area (Å²) in [6.45, 7) is 1.82. The highest BCUT2D eigenvalue weighted by molar-refractivity contribution is 5.96. The van der Waals surface area contributed by atoms with Crippen molar-refractivity contribution in [2.45, 2.75) is 19.8 Å². The second-order valence-electron chi connectivity index (χ2n) is 3.59. The number of aromatic nitrogens is 2. The molecule has 16 heavy (non-hydrogen) atoms. The van der Waals surface area contributed by atoms with Gasteiger partial charge in [-0.25, -0.2) is 4.63 Å². The molecule has 0 saturated heterocycles. The van der Waals surface area contributed by atoms with Crippen LogP contribution in [0.25, 0.3) is 0 Å². The second kappa shape index (κ2) is 4.70. The first-order valence-corrected chi connectivity index (χ1v) is 5.13. The third-order valence-corrected chi connectivity index (χ3v) is 2.43. The first kappa shape index (κ1) is 10.5. The summed E-state index contributed by atoms with van der Waals surface area (Å²) in [7, 11) is 0. The van der Waals surface area contributed by atoms with Gasteiger partial charge in [-0.15, -0.1) is 0 Å². The van der Waals surface area contributed by atoms with Gasteiger partial charge in [-0.2, -0.15) is 0 Å². The molecule has 0 radical (unpaired) electrons. The number of hydrogen-bond acceptors (Lipinski definition) is 4. The topological polar surface area (TPSA) is 56.0 Å². The minimum atomic E-state index is 0.114. The number of carbonyl (C=O) groups excluding carboxylic acids is 1. The summed E-state index contributed by atoms with van der Waals surface area (Å²) in [6.07, 6.45) is 1.00. The lowest BCUT2D eigenvalue weighted by atomic mass is 10.1. The first-order chi connectivity index (χ1) is 7.77. The van der Waals surface area contributed by atoms with E-state index in [1.165, 1.54) is 0 Å². The van der Waals surface area contributed by atoms with Crippen LogP contribution in [0.1, 0.15) is 28.2 Å². The van der Waals surface area contributed by atoms with Gasteiger partial charge in [0.1, 0.15) is 11.4 Å². The van der Waals surface area contributed by atoms with Crippen molar-refractivity contribution in [1.82, 2.24) is 10.3 Å². The van der Waals surface area contributed by atoms with Gasteiger partial charge in [0, 0.05) is 18.4 Å². The predicted molar refractivity (Wildman–Crippen MR) is 58.1 cm³/mol. The van der Waals surface area contributed by atoms with E-state index in [2.05, 4.69) is 14.9 Å². The smallest absolute Gasteiger partial charge is 0.163 e. The Morgan fingerprint density at radius 1 is 1.25 bits per heavy atom. The zero-order valence-electron chi connectivity index (χ0n) is 9.01. The van der Waals surface area contributed by atoms with E-state index < -0.39 is 0 Å². The monoisotopic (exact) mass is 216 g/mol. The molecule has 0 saturated carbocycles. The van der Waals surface area contributed by atoms with Crippen molar-refractivity contribution < 1.29 is 9.42 Å². The number of rotatable bonds is 4. The van der Waals surface area contributed by atoms with Crippen molar-refractivity contribution in [3.63, 3.8) is 0 Å². The molecular weight excluding hydrogens is 204 g/mol. The highest BCUT2D eigenvalue weighted by Crippen LogP contribution is 2.08. The van der Waals surface area contributed by atoms with Crippen LogP contribution >= 0.6 is 0 Å². The molecule has 0 atom stereocenters. The molecule has 1 aromatic heterocycles. The molecule has 1 aromatic carbocycles. The zero-order chi connectivity index (χ0) is 11.4. The van der Waals surface area contributed by atoms with Crippen LogP contribution < -0.4 is 0 Å². The minimum absolute atomic E-state index is 0.114. The Morgan fingerprint density at radius 3 is 2.62 bits per heavy atom. The molecule has 82 valence electrons. The maximum absolute atomic E-state index is 11.8. The average molecular weight is 216 g/mol. The number of Topliss-reactive ketones (excluding diaryl/α,β-unsaturated/α-hetero) is 1. The molecule has 0 aliphatic carbocycles. The van der Waals surface area contributed by atoms with Gasteiger partial charge in [0.25, 0.3) is 0 Å². The van der Waals surface area contributed by atoms with Crippen LogP contribution in [-0.2, 0) is 6.42 Å². The summed E-state index contributed by atoms with van der Waals surface area (Å²) < 4.78 is 4.57. The number of hydrogen-bond donors (Lipinski definition) is 0. The van der Waals surface area contributed by atoms with Gasteiger partial charge >= 0.3 is 0 Å². The number of carbonyl (C=O) groups is 1. The third kappa shape index (κ3) is 2.34. The summed E-state index contributed by atoms with van der Waals surface area (Å²) in [5.74, 6) is 0.114. The van der Waals surface area contributed by atoms with E-state index in [9.17, 15) is 4.79 Å². The molecule has 0 bridgehead atoms. The SMILES string of the molecule is Cc1nonc1CCC(=O)c1ccccc1. The summed E-state index contributed by atoms with van der Waals surface area (Å²) in [6, 6.07) is 9.24. The largest absolute Gasteiger partial charge is 0.294 e. The highest BCUT2D eigenvalue weighted by atomic mass is 16.6. The quantitative estimate of drug-likeness (QED) is 0.735. The average Bonchev–Trinajstić information content (AvgIpc) is 2.73. The van der Waals surface area contributed by atoms with Crippen LogP contribution in [0.3, 0.4) is 0 Å². The van der Waals surface area contributed by atoms with Crippen LogP contribution in [0.2, 0.25) is 0 Å². The van der Waals surface area contributed by atoms with E-state index in [1.807, 2.05) is 37.3 Å². The molecule has 0 N–H and O–H groups in total. The standard InChI is InChI=1S/C12H12N2O2/c1-9-11(14-16-13-9)7-8-12(15)10-5-3-2-4-6-10/h2-6H,7-8H2,1H3. The molecule has 0 fully saturated rings. The molecule has 0 amide bonds. The van der Waals surface area contributed by atoms with Gasteiger partial charge in [-0.3, -0.25) is 4.79 Å². The van der Waals surface area contributed by atoms with Crippen molar-refractivity contribution in [3.8, 4) is 0 Å². The van der Waals surface area contributed by atoms with Crippen LogP contribution in [0.15, 0.2) is 35.0 Å². The lowest BCUT2D eigenvalue weighted by molar-refractivity contribution is 0.0982. The molecule has 0 unspecified atom stereocenters. The fraction of sp³-hybridized carbons (Fsp3) is 0.250. The van der Waals surface area contributed by atoms with E-state index in [0.717, 1.165) is 17.0 Å². The Labute approximate surface area is 93.2 Å². The van der Waals surface area contributed by atoms with Gasteiger partial charge in [-0.05, 0) is 6.92 Å². The molecule has 2 aromatic rings. The fourth-order valence-electron chi connectivity index (χ4n) is 1.48. The summed E-state index contributed by atoms with van der Waals surface area (Å²) in [4.78, 5) is 11.8. The number of ketones is 1. The maximum Gasteiger partial charge on any atom is 0.163 e. The lowest BCUT2D eigenvalue weighted by Crippen LogP contribution is -2.01. The van der Waals surface area contributed by atoms with E-state index >= 15 is 0 Å². The van der Waals surface area contributed by atoms with Gasteiger partial charge in [0.05, 0.1) is 0 Å². The third-order valence-electron chi connectivity index (χ3n) is 2.43. The molecule has 2 rings (SSSR count). The maximum atomic E-state index is 11.8. The molecule has 0 aliphatic rings. The van der Waals surface area contributed by atoms with E-state index in [-0.39, 0.29) is 5.78 Å². The molecule has 4 heteroatoms. The van der Waals surface area contributed by atoms with Gasteiger partial charge < -0.3 is 0 Å². The molecule has 0 spiro atoms. The Kier molecular flexibility index (Phi) is 3.10. The highest BCUT2D eigenvalue weighted by Gasteiger charge is 2.09. The number of aryl methyl sites for hydroxylation is 2. The van der Waals surface area contributed by atoms with E-state index in [0.29, 0.717) is 12.8 Å². The van der Waals surface area contributed by atoms with Gasteiger partial charge in [0.2, 0.25) is 0 Å². The first-order valence-electron chi connectivity index (χ1n) is 5.13. The summed E-state index contributed by atoms with van der Waals surface area (Å²) in [5.41, 5.74) is 2.24. The fourth-order valence-corrected chi connectivity index (χ4v) is 1.48. The second-order valence-corrected chi connectivity index (χ2v) is 3.59. The normalized spacial score (nSPS) is 10.3. The minimum Gasteiger partial charge on any atom is -0.294 e. The van der Waals surface area contributed by atoms with Crippen molar-refractivity contribution in [3.05, 3.63) is 47.3 Å². The van der Waals surface area contributed by atoms with Crippen molar-refractivity contribution in [2.24, 2.45) is 0 Å². The van der Waals surface area contributed by atoms with E-state index in [1.54, 1.807) is 0 Å². The van der Waals surface area contributed by atoms with Gasteiger partial charge in [-0.1, -0.05) is 40.6 Å². The Bertz CT molecular complexity index is 477. The van der Waals surface area contributed by atoms with Crippen LogP contribution in [0.5, 0.6) is 0 Å². The Hall–Kier alpha value is -1.97. The van der Waals surface area contributed by atoms with Crippen molar-refractivity contribution >= 4 is 5.78 Å².